The minimum atomic E-state index is -4.67. The van der Waals surface area contributed by atoms with Gasteiger partial charge in [-0.15, -0.1) is 0 Å². The number of nitrogens with one attached hydrogen (secondary N) is 2. The van der Waals surface area contributed by atoms with E-state index in [-0.39, 0.29) is 49.9 Å². The van der Waals surface area contributed by atoms with Gasteiger partial charge in [0.05, 0.1) is 17.6 Å². The first-order valence-corrected chi connectivity index (χ1v) is 14.2. The minimum Gasteiger partial charge on any atom is -0.492 e. The zero-order valence-electron chi connectivity index (χ0n) is 23.2. The van der Waals surface area contributed by atoms with Gasteiger partial charge in [-0.1, -0.05) is 17.7 Å². The van der Waals surface area contributed by atoms with Crippen molar-refractivity contribution in [3.05, 3.63) is 52.6 Å². The molecule has 0 bridgehead atoms. The number of fused-ring (bicyclic) bond motifs is 5. The van der Waals surface area contributed by atoms with E-state index in [0.29, 0.717) is 38.0 Å². The molecule has 218 valence electrons. The van der Waals surface area contributed by atoms with Crippen molar-refractivity contribution in [2.45, 2.75) is 68.8 Å². The van der Waals surface area contributed by atoms with Crippen LogP contribution < -0.4 is 19.9 Å². The second kappa shape index (κ2) is 8.45. The molecule has 1 saturated carbocycles. The Morgan fingerprint density at radius 2 is 1.85 bits per heavy atom. The molecule has 4 aliphatic heterocycles. The number of halogens is 3. The second-order valence-corrected chi connectivity index (χ2v) is 13.0. The molecule has 8 nitrogen and oxygen atoms in total. The summed E-state index contributed by atoms with van der Waals surface area (Å²) in [5, 5.41) is 16.1. The third kappa shape index (κ3) is 3.85. The first-order valence-electron chi connectivity index (χ1n) is 14.2. The van der Waals surface area contributed by atoms with Crippen molar-refractivity contribution in [2.75, 3.05) is 38.1 Å². The monoisotopic (exact) mass is 571 g/mol. The number of hydrogen-bond acceptors (Lipinski definition) is 5. The highest BCUT2D eigenvalue weighted by molar-refractivity contribution is 6.06. The smallest absolute Gasteiger partial charge is 0.422 e. The standard InChI is InChI=1S/C30H33F3N4O4/c1-18-3-4-23-21(11-18)29(25(38)35-23)5-7-36(8-6-29)9-10-41-20-12-19-14-34-26(39)37(17-28(37)15-27(2,40)16-28)24(19)22(13-20)30(31,32)33/h3-4,11-13,40H,5-10,14-17H2,1-2H3,(H-,34,35,38,39)/p+1. The molecule has 3 fully saturated rings. The van der Waals surface area contributed by atoms with Crippen LogP contribution in [0.3, 0.4) is 0 Å². The highest BCUT2D eigenvalue weighted by Crippen LogP contribution is 2.65. The molecule has 0 radical (unpaired) electrons. The molecule has 1 aliphatic carbocycles. The number of benzene rings is 2. The maximum absolute atomic E-state index is 14.4. The van der Waals surface area contributed by atoms with E-state index < -0.39 is 38.8 Å². The largest absolute Gasteiger partial charge is 0.492 e. The SMILES string of the molecule is Cc1ccc2c(c1)C1(CCN(CCOc3cc4c(c(C(F)(F)F)c3)[N+]3(CC35CC(C)(O)C5)C(=O)NC4)CC1)C(=O)N2. The van der Waals surface area contributed by atoms with Gasteiger partial charge in [-0.3, -0.25) is 9.69 Å². The average molecular weight is 572 g/mol. The lowest BCUT2D eigenvalue weighted by atomic mass is 9.70. The average Bonchev–Trinajstić information content (AvgIpc) is 3.46. The summed E-state index contributed by atoms with van der Waals surface area (Å²) in [5.74, 6) is 0.156. The fraction of sp³-hybridized carbons (Fsp3) is 0.533. The Balaban J connectivity index is 1.06. The number of hydrogen-bond donors (Lipinski definition) is 3. The molecule has 2 saturated heterocycles. The summed E-state index contributed by atoms with van der Waals surface area (Å²) >= 11 is 0. The molecule has 1 unspecified atom stereocenters. The third-order valence-electron chi connectivity index (χ3n) is 10.0. The molecule has 7 rings (SSSR count). The number of carbonyl (C=O) groups is 2. The number of ether oxygens (including phenoxy) is 1. The van der Waals surface area contributed by atoms with Crippen LogP contribution in [0.2, 0.25) is 0 Å². The number of anilines is 1. The Kier molecular flexibility index (Phi) is 5.51. The molecular formula is C30H34F3N4O4+. The van der Waals surface area contributed by atoms with Crippen LogP contribution in [-0.2, 0) is 22.9 Å². The van der Waals surface area contributed by atoms with E-state index >= 15 is 0 Å². The number of nitrogens with zero attached hydrogens (tertiary/aromatic N) is 2. The Labute approximate surface area is 236 Å². The van der Waals surface area contributed by atoms with Gasteiger partial charge in [-0.2, -0.15) is 17.7 Å². The maximum Gasteiger partial charge on any atom is 0.422 e. The Bertz CT molecular complexity index is 1470. The summed E-state index contributed by atoms with van der Waals surface area (Å²) in [6, 6.07) is 8.22. The molecule has 3 N–H and O–H groups in total. The fourth-order valence-corrected chi connectivity index (χ4v) is 8.19. The van der Waals surface area contributed by atoms with Gasteiger partial charge in [0, 0.05) is 30.6 Å². The van der Waals surface area contributed by atoms with Crippen LogP contribution in [0.4, 0.5) is 29.3 Å². The quantitative estimate of drug-likeness (QED) is 0.378. The van der Waals surface area contributed by atoms with Crippen molar-refractivity contribution in [3.8, 4) is 5.75 Å². The number of quaternary nitrogens is 1. The van der Waals surface area contributed by atoms with Gasteiger partial charge >= 0.3 is 12.2 Å². The van der Waals surface area contributed by atoms with Gasteiger partial charge in [-0.25, -0.2) is 4.79 Å². The van der Waals surface area contributed by atoms with Crippen LogP contribution >= 0.6 is 0 Å². The number of aliphatic hydroxyl groups is 1. The number of piperidine rings is 1. The molecule has 11 heteroatoms. The Morgan fingerprint density at radius 1 is 1.12 bits per heavy atom. The fourth-order valence-electron chi connectivity index (χ4n) is 8.19. The van der Waals surface area contributed by atoms with Crippen molar-refractivity contribution in [3.63, 3.8) is 0 Å². The van der Waals surface area contributed by atoms with Crippen LogP contribution in [0.15, 0.2) is 30.3 Å². The zero-order chi connectivity index (χ0) is 29.0. The zero-order valence-corrected chi connectivity index (χ0v) is 23.2. The normalized spacial score (nSPS) is 31.5. The molecule has 3 spiro atoms. The van der Waals surface area contributed by atoms with Crippen LogP contribution in [0, 0.1) is 6.92 Å². The predicted molar refractivity (Wildman–Crippen MR) is 146 cm³/mol. The number of carbonyl (C=O) groups excluding carboxylic acids is 2. The lowest BCUT2D eigenvalue weighted by Gasteiger charge is -2.42. The van der Waals surface area contributed by atoms with Crippen molar-refractivity contribution in [2.24, 2.45) is 0 Å². The molecule has 4 heterocycles. The molecule has 3 amide bonds. The molecule has 2 aromatic carbocycles. The van der Waals surface area contributed by atoms with Crippen molar-refractivity contribution in [1.29, 1.82) is 0 Å². The highest BCUT2D eigenvalue weighted by Gasteiger charge is 2.84. The van der Waals surface area contributed by atoms with Crippen molar-refractivity contribution < 1.29 is 32.6 Å². The maximum atomic E-state index is 14.4. The summed E-state index contributed by atoms with van der Waals surface area (Å²) < 4.78 is 48.7. The first kappa shape index (κ1) is 26.7. The molecule has 0 aromatic heterocycles. The van der Waals surface area contributed by atoms with Crippen molar-refractivity contribution >= 4 is 23.3 Å². The Morgan fingerprint density at radius 3 is 2.54 bits per heavy atom. The van der Waals surface area contributed by atoms with Gasteiger partial charge in [-0.05, 0) is 63.5 Å². The van der Waals surface area contributed by atoms with E-state index in [4.69, 9.17) is 4.74 Å². The summed E-state index contributed by atoms with van der Waals surface area (Å²) in [4.78, 5) is 28.1. The van der Waals surface area contributed by atoms with Crippen LogP contribution in [0.5, 0.6) is 5.75 Å². The highest BCUT2D eigenvalue weighted by atomic mass is 19.4. The molecule has 41 heavy (non-hydrogen) atoms. The Hall–Kier alpha value is -3.15. The van der Waals surface area contributed by atoms with Gasteiger partial charge < -0.3 is 20.5 Å². The molecular weight excluding hydrogens is 537 g/mol. The number of urea groups is 1. The number of alkyl halides is 3. The van der Waals surface area contributed by atoms with Gasteiger partial charge in [0.1, 0.15) is 24.5 Å². The van der Waals surface area contributed by atoms with E-state index in [1.54, 1.807) is 13.0 Å². The lowest BCUT2D eigenvalue weighted by molar-refractivity contribution is -0.138. The first-order chi connectivity index (χ1) is 19.3. The number of amides is 3. The molecule has 2 aromatic rings. The molecule has 1 atom stereocenters. The third-order valence-corrected chi connectivity index (χ3v) is 10.0. The van der Waals surface area contributed by atoms with Gasteiger partial charge in [0.15, 0.2) is 11.2 Å². The summed E-state index contributed by atoms with van der Waals surface area (Å²) in [6.07, 6.45) is -2.76. The van der Waals surface area contributed by atoms with Gasteiger partial charge in [0.25, 0.3) is 0 Å². The minimum absolute atomic E-state index is 0.00185. The topological polar surface area (TPSA) is 90.9 Å². The predicted octanol–water partition coefficient (Wildman–Crippen LogP) is 4.21. The van der Waals surface area contributed by atoms with Crippen LogP contribution in [0.25, 0.3) is 0 Å². The van der Waals surface area contributed by atoms with E-state index in [0.717, 1.165) is 22.9 Å². The number of rotatable bonds is 4. The number of aryl methyl sites for hydroxylation is 1. The van der Waals surface area contributed by atoms with Crippen molar-refractivity contribution in [1.82, 2.24) is 14.7 Å². The van der Waals surface area contributed by atoms with E-state index in [1.807, 2.05) is 19.1 Å². The lowest BCUT2D eigenvalue weighted by Crippen LogP contribution is -2.60. The summed E-state index contributed by atoms with van der Waals surface area (Å²) in [6.45, 7) is 6.00. The van der Waals surface area contributed by atoms with E-state index in [2.05, 4.69) is 21.6 Å². The summed E-state index contributed by atoms with van der Waals surface area (Å²) in [5.41, 5.74) is 0.398. The van der Waals surface area contributed by atoms with Crippen LogP contribution in [-0.4, -0.2) is 65.9 Å². The second-order valence-electron chi connectivity index (χ2n) is 13.0. The van der Waals surface area contributed by atoms with E-state index in [9.17, 15) is 27.9 Å². The number of likely N-dealkylation sites (tertiary alicyclic amines) is 1. The van der Waals surface area contributed by atoms with Crippen LogP contribution in [0.1, 0.15) is 54.9 Å². The van der Waals surface area contributed by atoms with E-state index in [1.165, 1.54) is 0 Å². The summed E-state index contributed by atoms with van der Waals surface area (Å²) in [7, 11) is 0. The molecule has 5 aliphatic rings. The van der Waals surface area contributed by atoms with Gasteiger partial charge in [0.2, 0.25) is 5.91 Å².